The number of benzene rings is 1. The van der Waals surface area contributed by atoms with Crippen LogP contribution in [0.4, 0.5) is 0 Å². The lowest BCUT2D eigenvalue weighted by atomic mass is 9.90. The molecule has 7 nitrogen and oxygen atoms in total. The van der Waals surface area contributed by atoms with Crippen molar-refractivity contribution in [2.45, 2.75) is 37.8 Å². The number of carbonyl (C=O) groups is 2. The summed E-state index contributed by atoms with van der Waals surface area (Å²) in [5.41, 5.74) is 0.0323. The van der Waals surface area contributed by atoms with Crippen LogP contribution in [-0.2, 0) is 9.59 Å². The Bertz CT molecular complexity index is 879. The fourth-order valence-electron chi connectivity index (χ4n) is 4.17. The first-order valence-electron chi connectivity index (χ1n) is 9.87. The van der Waals surface area contributed by atoms with E-state index in [1.54, 1.807) is 6.20 Å². The second-order valence-corrected chi connectivity index (χ2v) is 7.64. The van der Waals surface area contributed by atoms with E-state index in [1.807, 2.05) is 35.2 Å². The van der Waals surface area contributed by atoms with E-state index in [2.05, 4.69) is 15.6 Å². The number of amides is 2. The number of carbonyl (C=O) groups excluding carboxylic acids is 2. The highest BCUT2D eigenvalue weighted by Gasteiger charge is 2.46. The monoisotopic (exact) mass is 382 g/mol. The maximum absolute atomic E-state index is 13.5. The van der Waals surface area contributed by atoms with Crippen LogP contribution >= 0.6 is 0 Å². The van der Waals surface area contributed by atoms with E-state index < -0.39 is 5.60 Å². The van der Waals surface area contributed by atoms with Crippen molar-refractivity contribution < 1.29 is 14.3 Å². The van der Waals surface area contributed by atoms with Crippen LogP contribution in [0.2, 0.25) is 0 Å². The average Bonchev–Trinajstić information content (AvgIpc) is 3.15. The predicted molar refractivity (Wildman–Crippen MR) is 106 cm³/mol. The smallest absolute Gasteiger partial charge is 0.266 e. The molecule has 1 unspecified atom stereocenters. The maximum Gasteiger partial charge on any atom is 0.266 e. The minimum Gasteiger partial charge on any atom is -0.477 e. The molecule has 0 bridgehead atoms. The lowest BCUT2D eigenvalue weighted by Crippen LogP contribution is -2.57. The van der Waals surface area contributed by atoms with Gasteiger partial charge in [0, 0.05) is 50.5 Å². The number of piperidine rings is 1. The first-order valence-corrected chi connectivity index (χ1v) is 9.87. The van der Waals surface area contributed by atoms with Gasteiger partial charge in [-0.25, -0.2) is 0 Å². The first kappa shape index (κ1) is 18.7. The van der Waals surface area contributed by atoms with E-state index in [-0.39, 0.29) is 17.9 Å². The highest BCUT2D eigenvalue weighted by Crippen LogP contribution is 2.31. The standard InChI is InChI=1S/C21H26N4O3/c1-15(26)24-17-6-12-25(14-17)20(27)21(7-10-22-11-8-21)28-18-4-5-19-16(13-18)3-2-9-23-19/h2-5,9,13,17,22H,6-8,10-12,14H2,1H3,(H,24,26). The van der Waals surface area contributed by atoms with Crippen LogP contribution in [0.5, 0.6) is 5.75 Å². The van der Waals surface area contributed by atoms with Gasteiger partial charge in [0.05, 0.1) is 5.52 Å². The summed E-state index contributed by atoms with van der Waals surface area (Å²) < 4.78 is 6.40. The highest BCUT2D eigenvalue weighted by molar-refractivity contribution is 5.87. The van der Waals surface area contributed by atoms with E-state index in [1.165, 1.54) is 6.92 Å². The molecule has 1 atom stereocenters. The largest absolute Gasteiger partial charge is 0.477 e. The molecule has 2 N–H and O–H groups in total. The Labute approximate surface area is 164 Å². The van der Waals surface area contributed by atoms with Crippen LogP contribution in [-0.4, -0.2) is 59.5 Å². The van der Waals surface area contributed by atoms with Gasteiger partial charge in [-0.3, -0.25) is 14.6 Å². The van der Waals surface area contributed by atoms with Crippen LogP contribution in [0, 0.1) is 0 Å². The van der Waals surface area contributed by atoms with Gasteiger partial charge in [-0.05, 0) is 43.8 Å². The molecule has 2 aliphatic rings. The summed E-state index contributed by atoms with van der Waals surface area (Å²) in [6.07, 6.45) is 3.79. The number of ether oxygens (including phenoxy) is 1. The zero-order valence-corrected chi connectivity index (χ0v) is 16.1. The van der Waals surface area contributed by atoms with Crippen LogP contribution in [0.1, 0.15) is 26.2 Å². The topological polar surface area (TPSA) is 83.6 Å². The second kappa shape index (κ2) is 7.75. The number of pyridine rings is 1. The number of hydrogen-bond donors (Lipinski definition) is 2. The van der Waals surface area contributed by atoms with Crippen LogP contribution < -0.4 is 15.4 Å². The Morgan fingerprint density at radius 2 is 2.11 bits per heavy atom. The van der Waals surface area contributed by atoms with Gasteiger partial charge in [0.25, 0.3) is 5.91 Å². The van der Waals surface area contributed by atoms with Gasteiger partial charge >= 0.3 is 0 Å². The third-order valence-corrected chi connectivity index (χ3v) is 5.57. The molecule has 2 amide bonds. The number of nitrogens with zero attached hydrogens (tertiary/aromatic N) is 2. The van der Waals surface area contributed by atoms with Gasteiger partial charge in [-0.1, -0.05) is 6.07 Å². The summed E-state index contributed by atoms with van der Waals surface area (Å²) in [7, 11) is 0. The quantitative estimate of drug-likeness (QED) is 0.837. The lowest BCUT2D eigenvalue weighted by molar-refractivity contribution is -0.149. The van der Waals surface area contributed by atoms with E-state index >= 15 is 0 Å². The molecule has 2 saturated heterocycles. The Balaban J connectivity index is 1.55. The molecule has 2 fully saturated rings. The number of rotatable bonds is 4. The summed E-state index contributed by atoms with van der Waals surface area (Å²) in [5.74, 6) is 0.651. The average molecular weight is 382 g/mol. The predicted octanol–water partition coefficient (Wildman–Crippen LogP) is 1.47. The zero-order valence-electron chi connectivity index (χ0n) is 16.1. The number of hydrogen-bond acceptors (Lipinski definition) is 5. The SMILES string of the molecule is CC(=O)NC1CCN(C(=O)C2(Oc3ccc4ncccc4c3)CCNCC2)C1. The van der Waals surface area contributed by atoms with E-state index in [0.717, 1.165) is 30.4 Å². The highest BCUT2D eigenvalue weighted by atomic mass is 16.5. The second-order valence-electron chi connectivity index (χ2n) is 7.64. The van der Waals surface area contributed by atoms with Crippen molar-refractivity contribution >= 4 is 22.7 Å². The van der Waals surface area contributed by atoms with Crippen LogP contribution in [0.3, 0.4) is 0 Å². The molecule has 148 valence electrons. The Morgan fingerprint density at radius 1 is 1.29 bits per heavy atom. The van der Waals surface area contributed by atoms with Crippen molar-refractivity contribution in [3.8, 4) is 5.75 Å². The lowest BCUT2D eigenvalue weighted by Gasteiger charge is -2.39. The van der Waals surface area contributed by atoms with Crippen molar-refractivity contribution in [1.29, 1.82) is 0 Å². The van der Waals surface area contributed by atoms with Gasteiger partial charge in [0.2, 0.25) is 5.91 Å². The number of aromatic nitrogens is 1. The number of likely N-dealkylation sites (tertiary alicyclic amines) is 1. The minimum atomic E-state index is -0.869. The molecule has 2 aromatic rings. The van der Waals surface area contributed by atoms with E-state index in [4.69, 9.17) is 4.74 Å². The fraction of sp³-hybridized carbons (Fsp3) is 0.476. The number of fused-ring (bicyclic) bond motifs is 1. The summed E-state index contributed by atoms with van der Waals surface area (Å²) in [6, 6.07) is 9.66. The molecule has 4 rings (SSSR count). The molecular weight excluding hydrogens is 356 g/mol. The third kappa shape index (κ3) is 3.80. The van der Waals surface area contributed by atoms with Crippen molar-refractivity contribution in [2.75, 3.05) is 26.2 Å². The summed E-state index contributed by atoms with van der Waals surface area (Å²) in [5, 5.41) is 7.23. The molecule has 2 aliphatic heterocycles. The Hall–Kier alpha value is -2.67. The van der Waals surface area contributed by atoms with Gasteiger partial charge in [-0.2, -0.15) is 0 Å². The molecule has 1 aromatic heterocycles. The van der Waals surface area contributed by atoms with Gasteiger partial charge in [0.15, 0.2) is 5.60 Å². The van der Waals surface area contributed by atoms with Crippen molar-refractivity contribution in [3.05, 3.63) is 36.5 Å². The summed E-state index contributed by atoms with van der Waals surface area (Å²) in [6.45, 7) is 4.17. The molecule has 1 aromatic carbocycles. The molecule has 3 heterocycles. The summed E-state index contributed by atoms with van der Waals surface area (Å²) in [4.78, 5) is 31.0. The van der Waals surface area contributed by atoms with E-state index in [9.17, 15) is 9.59 Å². The third-order valence-electron chi connectivity index (χ3n) is 5.57. The maximum atomic E-state index is 13.5. The molecule has 0 spiro atoms. The van der Waals surface area contributed by atoms with Crippen LogP contribution in [0.25, 0.3) is 10.9 Å². The molecule has 28 heavy (non-hydrogen) atoms. The fourth-order valence-corrected chi connectivity index (χ4v) is 4.17. The molecule has 0 saturated carbocycles. The van der Waals surface area contributed by atoms with E-state index in [0.29, 0.717) is 31.7 Å². The van der Waals surface area contributed by atoms with Crippen molar-refractivity contribution in [2.24, 2.45) is 0 Å². The van der Waals surface area contributed by atoms with Crippen molar-refractivity contribution in [3.63, 3.8) is 0 Å². The zero-order chi connectivity index (χ0) is 19.6. The van der Waals surface area contributed by atoms with Crippen LogP contribution in [0.15, 0.2) is 36.5 Å². The normalized spacial score (nSPS) is 21.5. The van der Waals surface area contributed by atoms with Crippen molar-refractivity contribution in [1.82, 2.24) is 20.5 Å². The molecular formula is C21H26N4O3. The Kier molecular flexibility index (Phi) is 5.17. The van der Waals surface area contributed by atoms with Gasteiger partial charge < -0.3 is 20.3 Å². The summed E-state index contributed by atoms with van der Waals surface area (Å²) >= 11 is 0. The Morgan fingerprint density at radius 3 is 2.89 bits per heavy atom. The molecule has 0 aliphatic carbocycles. The molecule has 7 heteroatoms. The number of nitrogens with one attached hydrogen (secondary N) is 2. The minimum absolute atomic E-state index is 0.0203. The first-order chi connectivity index (χ1) is 13.6. The molecule has 0 radical (unpaired) electrons. The van der Waals surface area contributed by atoms with Gasteiger partial charge in [0.1, 0.15) is 5.75 Å². The van der Waals surface area contributed by atoms with Gasteiger partial charge in [-0.15, -0.1) is 0 Å².